The number of aryl methyl sites for hydroxylation is 1. The molecule has 0 spiro atoms. The van der Waals surface area contributed by atoms with Crippen LogP contribution >= 0.6 is 11.8 Å². The van der Waals surface area contributed by atoms with Crippen LogP contribution in [0.2, 0.25) is 0 Å². The van der Waals surface area contributed by atoms with Gasteiger partial charge in [0, 0.05) is 13.1 Å². The first-order chi connectivity index (χ1) is 13.7. The molecule has 2 aromatic rings. The van der Waals surface area contributed by atoms with Crippen molar-refractivity contribution < 1.29 is 9.53 Å². The first-order valence-electron chi connectivity index (χ1n) is 9.99. The molecule has 2 aliphatic rings. The number of methoxy groups -OCH3 is 1. The van der Waals surface area contributed by atoms with Crippen molar-refractivity contribution in [1.82, 2.24) is 25.1 Å². The number of likely N-dealkylation sites (tertiary alicyclic amines) is 1. The van der Waals surface area contributed by atoms with Crippen LogP contribution in [0.15, 0.2) is 23.4 Å². The lowest BCUT2D eigenvalue weighted by molar-refractivity contribution is -0.131. The third-order valence-corrected chi connectivity index (χ3v) is 6.88. The molecule has 1 aromatic carbocycles. The molecule has 0 N–H and O–H groups in total. The lowest BCUT2D eigenvalue weighted by Gasteiger charge is -2.41. The summed E-state index contributed by atoms with van der Waals surface area (Å²) in [5.41, 5.74) is 1.87. The molecule has 28 heavy (non-hydrogen) atoms. The Kier molecular flexibility index (Phi) is 5.85. The summed E-state index contributed by atoms with van der Waals surface area (Å²) in [6, 6.07) is 5.87. The molecule has 1 saturated heterocycles. The van der Waals surface area contributed by atoms with Crippen LogP contribution in [-0.2, 0) is 4.79 Å². The Labute approximate surface area is 169 Å². The van der Waals surface area contributed by atoms with E-state index in [-0.39, 0.29) is 5.91 Å². The lowest BCUT2D eigenvalue weighted by Crippen LogP contribution is -2.45. The number of carbonyl (C=O) groups excluding carboxylic acids is 1. The van der Waals surface area contributed by atoms with Gasteiger partial charge in [0.15, 0.2) is 0 Å². The van der Waals surface area contributed by atoms with Crippen molar-refractivity contribution in [2.45, 2.75) is 44.2 Å². The van der Waals surface area contributed by atoms with E-state index in [1.807, 2.05) is 30.0 Å². The van der Waals surface area contributed by atoms with Crippen LogP contribution in [0.1, 0.15) is 37.7 Å². The first kappa shape index (κ1) is 19.2. The summed E-state index contributed by atoms with van der Waals surface area (Å²) in [6.45, 7) is 3.82. The highest BCUT2D eigenvalue weighted by molar-refractivity contribution is 7.99. The number of thioether (sulfide) groups is 1. The van der Waals surface area contributed by atoms with Crippen LogP contribution in [0.25, 0.3) is 5.69 Å². The Balaban J connectivity index is 1.42. The maximum Gasteiger partial charge on any atom is 0.233 e. The third kappa shape index (κ3) is 4.01. The predicted octanol–water partition coefficient (Wildman–Crippen LogP) is 3.11. The molecule has 1 amide bonds. The number of fused-ring (bicyclic) bond motifs is 1. The van der Waals surface area contributed by atoms with Crippen molar-refractivity contribution >= 4 is 17.7 Å². The number of hydrogen-bond acceptors (Lipinski definition) is 6. The number of tetrazole rings is 1. The minimum Gasteiger partial charge on any atom is -0.494 e. The molecule has 2 fully saturated rings. The third-order valence-electron chi connectivity index (χ3n) is 5.97. The highest BCUT2D eigenvalue weighted by atomic mass is 32.2. The topological polar surface area (TPSA) is 73.1 Å². The summed E-state index contributed by atoms with van der Waals surface area (Å²) in [7, 11) is 1.63. The average molecular weight is 402 g/mol. The number of benzene rings is 1. The van der Waals surface area contributed by atoms with Gasteiger partial charge in [-0.3, -0.25) is 4.79 Å². The van der Waals surface area contributed by atoms with E-state index in [1.54, 1.807) is 11.8 Å². The van der Waals surface area contributed by atoms with E-state index in [4.69, 9.17) is 4.74 Å². The number of nitrogens with zero attached hydrogens (tertiary/aromatic N) is 5. The predicted molar refractivity (Wildman–Crippen MR) is 108 cm³/mol. The summed E-state index contributed by atoms with van der Waals surface area (Å²) in [4.78, 5) is 14.8. The van der Waals surface area contributed by atoms with Crippen molar-refractivity contribution in [3.63, 3.8) is 0 Å². The summed E-state index contributed by atoms with van der Waals surface area (Å²) >= 11 is 1.38. The van der Waals surface area contributed by atoms with Crippen LogP contribution < -0.4 is 4.74 Å². The van der Waals surface area contributed by atoms with Gasteiger partial charge >= 0.3 is 0 Å². The quantitative estimate of drug-likeness (QED) is 0.717. The molecule has 1 aliphatic heterocycles. The molecular weight excluding hydrogens is 374 g/mol. The number of carbonyl (C=O) groups is 1. The zero-order chi connectivity index (χ0) is 19.5. The van der Waals surface area contributed by atoms with Gasteiger partial charge in [0.2, 0.25) is 11.1 Å². The monoisotopic (exact) mass is 401 g/mol. The van der Waals surface area contributed by atoms with Crippen molar-refractivity contribution in [3.8, 4) is 11.4 Å². The second-order valence-corrected chi connectivity index (χ2v) is 8.71. The van der Waals surface area contributed by atoms with Gasteiger partial charge in [0.05, 0.1) is 12.9 Å². The molecule has 2 heterocycles. The maximum absolute atomic E-state index is 12.8. The van der Waals surface area contributed by atoms with Gasteiger partial charge in [-0.2, -0.15) is 4.68 Å². The smallest absolute Gasteiger partial charge is 0.233 e. The standard InChI is InChI=1S/C20H27N5O2S/c1-14-7-8-18(27-2)17(11-14)25-20(21-22-23-25)28-13-19(26)24-10-9-15-5-3-4-6-16(15)12-24/h7-8,11,15-16H,3-6,9-10,12-13H2,1-2H3/t15-,16-/m1/s1. The van der Waals surface area contributed by atoms with Crippen LogP contribution in [-0.4, -0.2) is 57.0 Å². The van der Waals surface area contributed by atoms with Gasteiger partial charge in [-0.15, -0.1) is 5.10 Å². The van der Waals surface area contributed by atoms with E-state index in [0.717, 1.165) is 36.7 Å². The zero-order valence-corrected chi connectivity index (χ0v) is 17.3. The Morgan fingerprint density at radius 2 is 2.07 bits per heavy atom. The largest absolute Gasteiger partial charge is 0.494 e. The van der Waals surface area contributed by atoms with Gasteiger partial charge in [-0.1, -0.05) is 37.1 Å². The van der Waals surface area contributed by atoms with Gasteiger partial charge in [-0.25, -0.2) is 0 Å². The van der Waals surface area contributed by atoms with E-state index in [9.17, 15) is 4.79 Å². The van der Waals surface area contributed by atoms with E-state index < -0.39 is 0 Å². The van der Waals surface area contributed by atoms with E-state index >= 15 is 0 Å². The van der Waals surface area contributed by atoms with Crippen LogP contribution in [0, 0.1) is 18.8 Å². The normalized spacial score (nSPS) is 22.0. The second kappa shape index (κ2) is 8.51. The van der Waals surface area contributed by atoms with Gasteiger partial charge < -0.3 is 9.64 Å². The number of aromatic nitrogens is 4. The molecule has 1 aromatic heterocycles. The zero-order valence-electron chi connectivity index (χ0n) is 16.5. The molecule has 0 radical (unpaired) electrons. The van der Waals surface area contributed by atoms with Gasteiger partial charge in [0.25, 0.3) is 0 Å². The minimum absolute atomic E-state index is 0.180. The molecule has 1 saturated carbocycles. The van der Waals surface area contributed by atoms with Crippen molar-refractivity contribution in [2.24, 2.45) is 11.8 Å². The molecule has 8 heteroatoms. The molecule has 0 unspecified atom stereocenters. The molecule has 4 rings (SSSR count). The van der Waals surface area contributed by atoms with Crippen LogP contribution in [0.4, 0.5) is 0 Å². The van der Waals surface area contributed by atoms with Gasteiger partial charge in [-0.05, 0) is 59.7 Å². The number of piperidine rings is 1. The van der Waals surface area contributed by atoms with Crippen molar-refractivity contribution in [1.29, 1.82) is 0 Å². The fourth-order valence-corrected chi connectivity index (χ4v) is 5.22. The molecule has 150 valence electrons. The minimum atomic E-state index is 0.180. The number of ether oxygens (including phenoxy) is 1. The highest BCUT2D eigenvalue weighted by Gasteiger charge is 2.33. The molecule has 2 atom stereocenters. The summed E-state index contributed by atoms with van der Waals surface area (Å²) in [5, 5.41) is 12.6. The van der Waals surface area contributed by atoms with E-state index in [0.29, 0.717) is 22.6 Å². The molecule has 1 aliphatic carbocycles. The SMILES string of the molecule is COc1ccc(C)cc1-n1nnnc1SCC(=O)N1CC[C@H]2CCCC[C@@H]2C1. The lowest BCUT2D eigenvalue weighted by atomic mass is 9.75. The summed E-state index contributed by atoms with van der Waals surface area (Å²) in [5.74, 6) is 2.75. The van der Waals surface area contributed by atoms with E-state index in [1.165, 1.54) is 37.4 Å². The molecular formula is C20H27N5O2S. The highest BCUT2D eigenvalue weighted by Crippen LogP contribution is 2.36. The number of amides is 1. The number of rotatable bonds is 5. The Morgan fingerprint density at radius 1 is 1.25 bits per heavy atom. The molecule has 0 bridgehead atoms. The van der Waals surface area contributed by atoms with Crippen molar-refractivity contribution in [3.05, 3.63) is 23.8 Å². The van der Waals surface area contributed by atoms with E-state index in [2.05, 4.69) is 15.5 Å². The fraction of sp³-hybridized carbons (Fsp3) is 0.600. The Hall–Kier alpha value is -2.09. The maximum atomic E-state index is 12.8. The Morgan fingerprint density at radius 3 is 2.89 bits per heavy atom. The van der Waals surface area contributed by atoms with Gasteiger partial charge in [0.1, 0.15) is 11.4 Å². The Bertz CT molecular complexity index is 840. The van der Waals surface area contributed by atoms with Crippen molar-refractivity contribution in [2.75, 3.05) is 26.0 Å². The van der Waals surface area contributed by atoms with Crippen LogP contribution in [0.5, 0.6) is 5.75 Å². The first-order valence-corrected chi connectivity index (χ1v) is 11.0. The summed E-state index contributed by atoms with van der Waals surface area (Å²) < 4.78 is 7.10. The fourth-order valence-electron chi connectivity index (χ4n) is 4.43. The second-order valence-electron chi connectivity index (χ2n) is 7.77. The number of hydrogen-bond donors (Lipinski definition) is 0. The van der Waals surface area contributed by atoms with Crippen LogP contribution in [0.3, 0.4) is 0 Å². The average Bonchev–Trinajstić information content (AvgIpc) is 3.20. The molecule has 7 nitrogen and oxygen atoms in total. The summed E-state index contributed by atoms with van der Waals surface area (Å²) in [6.07, 6.45) is 6.43.